The summed E-state index contributed by atoms with van der Waals surface area (Å²) >= 11 is 3.14. The highest BCUT2D eigenvalue weighted by Crippen LogP contribution is 2.37. The van der Waals surface area contributed by atoms with Gasteiger partial charge in [-0.3, -0.25) is 10.1 Å². The van der Waals surface area contributed by atoms with E-state index >= 15 is 0 Å². The summed E-state index contributed by atoms with van der Waals surface area (Å²) in [5, 5.41) is 20.2. The minimum absolute atomic E-state index is 0.0956. The van der Waals surface area contributed by atoms with Crippen molar-refractivity contribution < 1.29 is 14.8 Å². The molecule has 1 aromatic rings. The Hall–Kier alpha value is -1.14. The lowest BCUT2D eigenvalue weighted by Crippen LogP contribution is -2.01. The number of ether oxygens (including phenoxy) is 1. The number of rotatable bonds is 3. The molecule has 0 heterocycles. The van der Waals surface area contributed by atoms with Crippen molar-refractivity contribution in [3.63, 3.8) is 0 Å². The van der Waals surface area contributed by atoms with Crippen molar-refractivity contribution in [2.24, 2.45) is 0 Å². The Morgan fingerprint density at radius 3 is 2.60 bits per heavy atom. The minimum atomic E-state index is -0.823. The van der Waals surface area contributed by atoms with Crippen LogP contribution in [0, 0.1) is 10.1 Å². The molecule has 15 heavy (non-hydrogen) atoms. The largest absolute Gasteiger partial charge is 0.490 e. The molecule has 0 radical (unpaired) electrons. The molecule has 1 unspecified atom stereocenters. The van der Waals surface area contributed by atoms with Gasteiger partial charge in [-0.1, -0.05) is 15.9 Å². The predicted molar refractivity (Wildman–Crippen MR) is 58.0 cm³/mol. The minimum Gasteiger partial charge on any atom is -0.490 e. The predicted octanol–water partition coefficient (Wildman–Crippen LogP) is 2.42. The highest BCUT2D eigenvalue weighted by atomic mass is 79.9. The van der Waals surface area contributed by atoms with Gasteiger partial charge in [0.2, 0.25) is 5.75 Å². The Bertz CT molecular complexity index is 392. The normalized spacial score (nSPS) is 12.3. The first-order valence-electron chi connectivity index (χ1n) is 4.17. The van der Waals surface area contributed by atoms with Gasteiger partial charge in [-0.2, -0.15) is 0 Å². The smallest absolute Gasteiger partial charge is 0.312 e. The third-order valence-electron chi connectivity index (χ3n) is 1.91. The molecule has 82 valence electrons. The third kappa shape index (κ3) is 2.45. The van der Waals surface area contributed by atoms with Crippen LogP contribution >= 0.6 is 15.9 Å². The summed E-state index contributed by atoms with van der Waals surface area (Å²) in [6.45, 7) is 1.52. The summed E-state index contributed by atoms with van der Waals surface area (Å²) in [6, 6.07) is 2.93. The summed E-state index contributed by atoms with van der Waals surface area (Å²) in [7, 11) is 1.34. The number of methoxy groups -OCH3 is 1. The van der Waals surface area contributed by atoms with Gasteiger partial charge in [-0.05, 0) is 13.0 Å². The molecular formula is C9H10BrNO4. The maximum absolute atomic E-state index is 10.7. The quantitative estimate of drug-likeness (QED) is 0.679. The van der Waals surface area contributed by atoms with Crippen molar-refractivity contribution in [3.05, 3.63) is 32.3 Å². The molecule has 5 nitrogen and oxygen atoms in total. The lowest BCUT2D eigenvalue weighted by atomic mass is 10.1. The van der Waals surface area contributed by atoms with E-state index in [4.69, 9.17) is 4.74 Å². The zero-order valence-corrected chi connectivity index (χ0v) is 9.82. The molecule has 0 aliphatic carbocycles. The number of hydrogen-bond donors (Lipinski definition) is 1. The first kappa shape index (κ1) is 11.9. The SMILES string of the molecule is COc1c(C(C)O)cc(Br)cc1[N+](=O)[O-]. The monoisotopic (exact) mass is 275 g/mol. The van der Waals surface area contributed by atoms with E-state index < -0.39 is 11.0 Å². The number of aliphatic hydroxyl groups excluding tert-OH is 1. The van der Waals surface area contributed by atoms with Crippen LogP contribution in [0.3, 0.4) is 0 Å². The second kappa shape index (κ2) is 4.59. The first-order chi connectivity index (χ1) is 6.97. The van der Waals surface area contributed by atoms with Crippen LogP contribution in [0.1, 0.15) is 18.6 Å². The zero-order valence-electron chi connectivity index (χ0n) is 8.23. The molecule has 6 heteroatoms. The highest BCUT2D eigenvalue weighted by molar-refractivity contribution is 9.10. The lowest BCUT2D eigenvalue weighted by Gasteiger charge is -2.11. The van der Waals surface area contributed by atoms with E-state index in [2.05, 4.69) is 15.9 Å². The average Bonchev–Trinajstić information content (AvgIpc) is 2.16. The van der Waals surface area contributed by atoms with E-state index in [0.29, 0.717) is 10.0 Å². The van der Waals surface area contributed by atoms with Gasteiger partial charge in [0.15, 0.2) is 0 Å². The van der Waals surface area contributed by atoms with Crippen LogP contribution in [-0.2, 0) is 0 Å². The number of aliphatic hydroxyl groups is 1. The van der Waals surface area contributed by atoms with E-state index in [1.54, 1.807) is 6.07 Å². The molecule has 1 aromatic carbocycles. The van der Waals surface area contributed by atoms with Crippen LogP contribution in [0.2, 0.25) is 0 Å². The van der Waals surface area contributed by atoms with Gasteiger partial charge in [0.25, 0.3) is 0 Å². The van der Waals surface area contributed by atoms with Crippen LogP contribution in [0.4, 0.5) is 5.69 Å². The van der Waals surface area contributed by atoms with Gasteiger partial charge >= 0.3 is 5.69 Å². The highest BCUT2D eigenvalue weighted by Gasteiger charge is 2.22. The van der Waals surface area contributed by atoms with E-state index in [0.717, 1.165) is 0 Å². The molecule has 0 bridgehead atoms. The molecule has 0 saturated carbocycles. The molecule has 1 atom stereocenters. The van der Waals surface area contributed by atoms with Gasteiger partial charge in [-0.15, -0.1) is 0 Å². The van der Waals surface area contributed by atoms with Crippen molar-refractivity contribution in [1.29, 1.82) is 0 Å². The molecule has 1 N–H and O–H groups in total. The third-order valence-corrected chi connectivity index (χ3v) is 2.37. The van der Waals surface area contributed by atoms with Gasteiger partial charge in [0.1, 0.15) is 0 Å². The van der Waals surface area contributed by atoms with Crippen LogP contribution in [0.25, 0.3) is 0 Å². The van der Waals surface area contributed by atoms with Crippen LogP contribution in [0.5, 0.6) is 5.75 Å². The molecular weight excluding hydrogens is 266 g/mol. The Kier molecular flexibility index (Phi) is 3.65. The molecule has 0 aliphatic rings. The van der Waals surface area contributed by atoms with Crippen molar-refractivity contribution in [1.82, 2.24) is 0 Å². The topological polar surface area (TPSA) is 72.6 Å². The number of nitro benzene ring substituents is 1. The van der Waals surface area contributed by atoms with Gasteiger partial charge in [-0.25, -0.2) is 0 Å². The summed E-state index contributed by atoms with van der Waals surface area (Å²) in [6.07, 6.45) is -0.823. The van der Waals surface area contributed by atoms with E-state index in [-0.39, 0.29) is 11.4 Å². The van der Waals surface area contributed by atoms with Gasteiger partial charge in [0.05, 0.1) is 18.1 Å². The molecule has 0 aliphatic heterocycles. The molecule has 0 aromatic heterocycles. The average molecular weight is 276 g/mol. The second-order valence-electron chi connectivity index (χ2n) is 2.98. The Morgan fingerprint density at radius 2 is 2.20 bits per heavy atom. The summed E-state index contributed by atoms with van der Waals surface area (Å²) < 4.78 is 5.46. The maximum Gasteiger partial charge on any atom is 0.312 e. The summed E-state index contributed by atoms with van der Waals surface area (Å²) in [4.78, 5) is 10.2. The number of halogens is 1. The van der Waals surface area contributed by atoms with Crippen LogP contribution in [0.15, 0.2) is 16.6 Å². The van der Waals surface area contributed by atoms with E-state index in [9.17, 15) is 15.2 Å². The van der Waals surface area contributed by atoms with Crippen LogP contribution < -0.4 is 4.74 Å². The fourth-order valence-corrected chi connectivity index (χ4v) is 1.73. The van der Waals surface area contributed by atoms with Crippen molar-refractivity contribution >= 4 is 21.6 Å². The van der Waals surface area contributed by atoms with E-state index in [1.807, 2.05) is 0 Å². The van der Waals surface area contributed by atoms with Crippen molar-refractivity contribution in [2.45, 2.75) is 13.0 Å². The fourth-order valence-electron chi connectivity index (χ4n) is 1.27. The maximum atomic E-state index is 10.7. The number of nitro groups is 1. The molecule has 0 fully saturated rings. The Balaban J connectivity index is 3.45. The van der Waals surface area contributed by atoms with Crippen molar-refractivity contribution in [3.8, 4) is 5.75 Å². The fraction of sp³-hybridized carbons (Fsp3) is 0.333. The van der Waals surface area contributed by atoms with Gasteiger partial charge < -0.3 is 9.84 Å². The summed E-state index contributed by atoms with van der Waals surface area (Å²) in [5.41, 5.74) is 0.223. The standard InChI is InChI=1S/C9H10BrNO4/c1-5(12)7-3-6(10)4-8(11(13)14)9(7)15-2/h3-5,12H,1-2H3. The molecule has 0 spiro atoms. The Morgan fingerprint density at radius 1 is 1.60 bits per heavy atom. The molecule has 1 rings (SSSR count). The number of nitrogens with zero attached hydrogens (tertiary/aromatic N) is 1. The summed E-state index contributed by atoms with van der Waals surface area (Å²) in [5.74, 6) is 0.0956. The zero-order chi connectivity index (χ0) is 11.6. The van der Waals surface area contributed by atoms with Gasteiger partial charge in [0, 0.05) is 16.1 Å². The Labute approximate surface area is 95.0 Å². The van der Waals surface area contributed by atoms with Crippen molar-refractivity contribution in [2.75, 3.05) is 7.11 Å². The lowest BCUT2D eigenvalue weighted by molar-refractivity contribution is -0.385. The van der Waals surface area contributed by atoms with E-state index in [1.165, 1.54) is 20.1 Å². The molecule has 0 amide bonds. The number of hydrogen-bond acceptors (Lipinski definition) is 4. The number of benzene rings is 1. The second-order valence-corrected chi connectivity index (χ2v) is 3.90. The first-order valence-corrected chi connectivity index (χ1v) is 4.96. The molecule has 0 saturated heterocycles. The van der Waals surface area contributed by atoms with Crippen LogP contribution in [-0.4, -0.2) is 17.1 Å².